The highest BCUT2D eigenvalue weighted by molar-refractivity contribution is 6.07. The van der Waals surface area contributed by atoms with Gasteiger partial charge in [0.15, 0.2) is 0 Å². The summed E-state index contributed by atoms with van der Waals surface area (Å²) in [4.78, 5) is 0. The van der Waals surface area contributed by atoms with Crippen molar-refractivity contribution in [1.29, 1.82) is 0 Å². The van der Waals surface area contributed by atoms with Crippen molar-refractivity contribution >= 4 is 21.5 Å². The number of rotatable bonds is 1. The Kier molecular flexibility index (Phi) is 4.57. The van der Waals surface area contributed by atoms with Gasteiger partial charge in [-0.05, 0) is 102 Å². The summed E-state index contributed by atoms with van der Waals surface area (Å²) < 4.78 is 6.45. The zero-order chi connectivity index (χ0) is 30.0. The van der Waals surface area contributed by atoms with Gasteiger partial charge in [-0.3, -0.25) is 0 Å². The van der Waals surface area contributed by atoms with Crippen LogP contribution in [0.4, 0.5) is 0 Å². The summed E-state index contributed by atoms with van der Waals surface area (Å²) in [5, 5.41) is 4.97. The maximum Gasteiger partial charge on any atom is 0.135 e. The second kappa shape index (κ2) is 8.62. The van der Waals surface area contributed by atoms with Gasteiger partial charge in [0.2, 0.25) is 0 Å². The van der Waals surface area contributed by atoms with Crippen molar-refractivity contribution in [2.45, 2.75) is 5.41 Å². The topological polar surface area (TPSA) is 9.23 Å². The van der Waals surface area contributed by atoms with Crippen molar-refractivity contribution < 1.29 is 4.74 Å². The highest BCUT2D eigenvalue weighted by Crippen LogP contribution is 2.64. The summed E-state index contributed by atoms with van der Waals surface area (Å²) >= 11 is 0. The molecule has 2 aliphatic carbocycles. The smallest absolute Gasteiger partial charge is 0.135 e. The second-order valence-corrected chi connectivity index (χ2v) is 12.8. The zero-order valence-corrected chi connectivity index (χ0v) is 24.9. The van der Waals surface area contributed by atoms with Crippen molar-refractivity contribution in [1.82, 2.24) is 0 Å². The van der Waals surface area contributed by atoms with E-state index in [2.05, 4.69) is 158 Å². The first-order valence-corrected chi connectivity index (χ1v) is 16.0. The van der Waals surface area contributed by atoms with Gasteiger partial charge in [0.25, 0.3) is 0 Å². The summed E-state index contributed by atoms with van der Waals surface area (Å²) in [5.41, 5.74) is 15.2. The van der Waals surface area contributed by atoms with E-state index in [1.165, 1.54) is 82.7 Å². The summed E-state index contributed by atoms with van der Waals surface area (Å²) in [7, 11) is 0. The molecule has 1 heteroatoms. The Morgan fingerprint density at radius 1 is 0.370 bits per heavy atom. The number of benzene rings is 8. The van der Waals surface area contributed by atoms with E-state index >= 15 is 0 Å². The molecule has 46 heavy (non-hydrogen) atoms. The van der Waals surface area contributed by atoms with Crippen LogP contribution in [-0.4, -0.2) is 0 Å². The van der Waals surface area contributed by atoms with Gasteiger partial charge in [0.1, 0.15) is 11.5 Å². The second-order valence-electron chi connectivity index (χ2n) is 12.8. The highest BCUT2D eigenvalue weighted by Gasteiger charge is 2.52. The molecule has 212 valence electrons. The monoisotopic (exact) mass is 582 g/mol. The lowest BCUT2D eigenvalue weighted by molar-refractivity contribution is 0.487. The van der Waals surface area contributed by atoms with E-state index in [1.54, 1.807) is 0 Å². The number of hydrogen-bond acceptors (Lipinski definition) is 1. The molecule has 8 aromatic rings. The van der Waals surface area contributed by atoms with E-state index in [0.29, 0.717) is 0 Å². The van der Waals surface area contributed by atoms with E-state index in [-0.39, 0.29) is 5.41 Å². The summed E-state index contributed by atoms with van der Waals surface area (Å²) in [6, 6.07) is 58.3. The molecule has 0 N–H and O–H groups in total. The Balaban J connectivity index is 1.20. The molecule has 0 saturated heterocycles. The van der Waals surface area contributed by atoms with E-state index in [4.69, 9.17) is 4.74 Å². The van der Waals surface area contributed by atoms with Gasteiger partial charge in [0, 0.05) is 10.9 Å². The minimum absolute atomic E-state index is 0.389. The summed E-state index contributed by atoms with van der Waals surface area (Å²) in [6.45, 7) is 0. The first-order chi connectivity index (χ1) is 22.8. The van der Waals surface area contributed by atoms with Gasteiger partial charge in [-0.25, -0.2) is 0 Å². The molecule has 0 aromatic heterocycles. The van der Waals surface area contributed by atoms with E-state index in [0.717, 1.165) is 17.1 Å². The number of hydrogen-bond donors (Lipinski definition) is 0. The van der Waals surface area contributed by atoms with Gasteiger partial charge in [0.05, 0.1) is 5.41 Å². The largest absolute Gasteiger partial charge is 0.456 e. The van der Waals surface area contributed by atoms with Crippen molar-refractivity contribution in [2.24, 2.45) is 0 Å². The Bertz CT molecular complexity index is 2570. The van der Waals surface area contributed by atoms with Crippen LogP contribution in [0, 0.1) is 0 Å². The molecule has 0 radical (unpaired) electrons. The average Bonchev–Trinajstić information content (AvgIpc) is 3.59. The van der Waals surface area contributed by atoms with Crippen molar-refractivity contribution in [3.63, 3.8) is 0 Å². The molecule has 3 aliphatic rings. The highest BCUT2D eigenvalue weighted by atomic mass is 16.5. The molecule has 0 fully saturated rings. The third kappa shape index (κ3) is 2.91. The molecule has 1 aliphatic heterocycles. The van der Waals surface area contributed by atoms with Crippen LogP contribution in [0.2, 0.25) is 0 Å². The predicted molar refractivity (Wildman–Crippen MR) is 189 cm³/mol. The van der Waals surface area contributed by atoms with E-state index in [9.17, 15) is 0 Å². The fraction of sp³-hybridized carbons (Fsp3) is 0.0222. The first kappa shape index (κ1) is 24.4. The fourth-order valence-electron chi connectivity index (χ4n) is 8.83. The number of fused-ring (bicyclic) bond motifs is 14. The maximum atomic E-state index is 6.45. The quantitative estimate of drug-likeness (QED) is 0.187. The molecular formula is C45H26O. The fourth-order valence-corrected chi connectivity index (χ4v) is 8.83. The lowest BCUT2D eigenvalue weighted by atomic mass is 9.70. The normalized spacial score (nSPS) is 14.0. The van der Waals surface area contributed by atoms with Gasteiger partial charge < -0.3 is 4.74 Å². The lowest BCUT2D eigenvalue weighted by Gasteiger charge is -2.31. The van der Waals surface area contributed by atoms with Gasteiger partial charge in [-0.2, -0.15) is 0 Å². The van der Waals surface area contributed by atoms with Crippen LogP contribution in [0.15, 0.2) is 158 Å². The summed E-state index contributed by atoms with van der Waals surface area (Å²) in [6.07, 6.45) is 0. The Hall–Kier alpha value is -5.92. The molecule has 0 atom stereocenters. The first-order valence-electron chi connectivity index (χ1n) is 16.0. The standard InChI is InChI=1S/C45H26O/c1-2-12-31-27(9-1)20-23-39-44(31)35-22-19-30(26-40(35)45(39)37-16-5-3-13-32(37)33-14-4-6-17-38(33)45)29-21-24-41-36(25-29)34-15-7-10-28-11-8-18-42(46-41)43(28)34/h1-26H. The van der Waals surface area contributed by atoms with Gasteiger partial charge in [-0.15, -0.1) is 0 Å². The molecule has 1 spiro atoms. The van der Waals surface area contributed by atoms with Gasteiger partial charge in [-0.1, -0.05) is 133 Å². The van der Waals surface area contributed by atoms with E-state index < -0.39 is 0 Å². The van der Waals surface area contributed by atoms with Crippen LogP contribution in [0.5, 0.6) is 11.5 Å². The maximum absolute atomic E-state index is 6.45. The van der Waals surface area contributed by atoms with Crippen LogP contribution < -0.4 is 4.74 Å². The molecule has 1 nitrogen and oxygen atoms in total. The SMILES string of the molecule is c1ccc2c(c1)-c1ccccc1C21c2cc(-c3ccc4c(c3)-c3cccc5cccc(c35)O4)ccc2-c2c1ccc1ccccc21. The Labute approximate surface area is 267 Å². The van der Waals surface area contributed by atoms with Gasteiger partial charge >= 0.3 is 0 Å². The van der Waals surface area contributed by atoms with Crippen LogP contribution >= 0.6 is 0 Å². The predicted octanol–water partition coefficient (Wildman–Crippen LogP) is 11.8. The Morgan fingerprint density at radius 3 is 1.89 bits per heavy atom. The molecule has 11 rings (SSSR count). The zero-order valence-electron chi connectivity index (χ0n) is 24.9. The molecular weight excluding hydrogens is 556 g/mol. The number of ether oxygens (including phenoxy) is 1. The van der Waals surface area contributed by atoms with Crippen LogP contribution in [0.1, 0.15) is 22.3 Å². The van der Waals surface area contributed by atoms with Crippen LogP contribution in [-0.2, 0) is 5.41 Å². The molecule has 8 aromatic carbocycles. The molecule has 0 amide bonds. The molecule has 0 bridgehead atoms. The molecule has 0 saturated carbocycles. The van der Waals surface area contributed by atoms with Crippen LogP contribution in [0.25, 0.3) is 66.1 Å². The Morgan fingerprint density at radius 2 is 1.04 bits per heavy atom. The van der Waals surface area contributed by atoms with Crippen molar-refractivity contribution in [3.05, 3.63) is 180 Å². The minimum Gasteiger partial charge on any atom is -0.456 e. The van der Waals surface area contributed by atoms with E-state index in [1.807, 2.05) is 0 Å². The minimum atomic E-state index is -0.389. The van der Waals surface area contributed by atoms with Crippen molar-refractivity contribution in [3.8, 4) is 56.0 Å². The third-order valence-corrected chi connectivity index (χ3v) is 10.7. The average molecular weight is 583 g/mol. The van der Waals surface area contributed by atoms with Crippen molar-refractivity contribution in [2.75, 3.05) is 0 Å². The molecule has 0 unspecified atom stereocenters. The van der Waals surface area contributed by atoms with Crippen LogP contribution in [0.3, 0.4) is 0 Å². The molecule has 1 heterocycles. The third-order valence-electron chi connectivity index (χ3n) is 10.7. The lowest BCUT2D eigenvalue weighted by Crippen LogP contribution is -2.25. The summed E-state index contributed by atoms with van der Waals surface area (Å²) in [5.74, 6) is 1.83.